The standard InChI is InChI=1S/C24H26F3N4O10P/c1-13(21(35)38-12-24(25,26)27)30-42(37,41-16-8-4-6-14-5-2-3-7-15(14)16)39-11-23(28)19(34)18(33)20(40-23)31-10-9-17(32)29-22(31)36/h2-10,13,18-20,33-34H,11-12,28H2,1H3,(H,30,37)(H,29,32,36)/t13-,18+,19-,20+,23+,42?/m0/s1. The van der Waals surface area contributed by atoms with Gasteiger partial charge in [0.2, 0.25) is 0 Å². The zero-order valence-corrected chi connectivity index (χ0v) is 22.6. The quantitative estimate of drug-likeness (QED) is 0.159. The zero-order valence-electron chi connectivity index (χ0n) is 21.7. The zero-order chi connectivity index (χ0) is 30.9. The van der Waals surface area contributed by atoms with Crippen molar-refractivity contribution in [1.29, 1.82) is 0 Å². The van der Waals surface area contributed by atoms with Crippen LogP contribution in [0.15, 0.2) is 64.3 Å². The summed E-state index contributed by atoms with van der Waals surface area (Å²) in [6.07, 6.45) is -9.26. The van der Waals surface area contributed by atoms with E-state index >= 15 is 0 Å². The lowest BCUT2D eigenvalue weighted by molar-refractivity contribution is -0.187. The van der Waals surface area contributed by atoms with Gasteiger partial charge >= 0.3 is 25.6 Å². The Morgan fingerprint density at radius 1 is 1.21 bits per heavy atom. The van der Waals surface area contributed by atoms with Crippen LogP contribution in [0.5, 0.6) is 5.75 Å². The molecule has 6 N–H and O–H groups in total. The van der Waals surface area contributed by atoms with Crippen molar-refractivity contribution in [2.24, 2.45) is 5.73 Å². The summed E-state index contributed by atoms with van der Waals surface area (Å²) in [6, 6.07) is 10.7. The van der Waals surface area contributed by atoms with Gasteiger partial charge < -0.3 is 24.2 Å². The number of ether oxygens (including phenoxy) is 2. The van der Waals surface area contributed by atoms with E-state index in [0.29, 0.717) is 10.8 Å². The molecule has 1 fully saturated rings. The van der Waals surface area contributed by atoms with Crippen LogP contribution < -0.4 is 26.6 Å². The molecule has 6 atom stereocenters. The van der Waals surface area contributed by atoms with E-state index in [1.54, 1.807) is 36.4 Å². The number of benzene rings is 2. The lowest BCUT2D eigenvalue weighted by Crippen LogP contribution is -2.54. The first-order valence-electron chi connectivity index (χ1n) is 12.2. The van der Waals surface area contributed by atoms with Gasteiger partial charge in [0, 0.05) is 17.6 Å². The molecule has 0 bridgehead atoms. The van der Waals surface area contributed by atoms with Crippen LogP contribution in [-0.2, 0) is 23.4 Å². The van der Waals surface area contributed by atoms with E-state index in [-0.39, 0.29) is 5.75 Å². The van der Waals surface area contributed by atoms with E-state index < -0.39 is 74.6 Å². The Labute approximate surface area is 234 Å². The fraction of sp³-hybridized carbons (Fsp3) is 0.375. The van der Waals surface area contributed by atoms with Gasteiger partial charge in [-0.2, -0.15) is 18.3 Å². The van der Waals surface area contributed by atoms with Gasteiger partial charge in [-0.05, 0) is 18.4 Å². The number of aliphatic hydroxyl groups excluding tert-OH is 2. The Bertz CT molecular complexity index is 1610. The van der Waals surface area contributed by atoms with Crippen LogP contribution >= 0.6 is 7.75 Å². The maximum Gasteiger partial charge on any atom is 0.459 e. The Kier molecular flexibility index (Phi) is 8.94. The van der Waals surface area contributed by atoms with Gasteiger partial charge in [0.1, 0.15) is 30.6 Å². The number of hydrogen-bond donors (Lipinski definition) is 5. The summed E-state index contributed by atoms with van der Waals surface area (Å²) in [6.45, 7) is -1.86. The molecule has 1 saturated heterocycles. The summed E-state index contributed by atoms with van der Waals surface area (Å²) in [5, 5.41) is 24.5. The third kappa shape index (κ3) is 7.07. The highest BCUT2D eigenvalue weighted by Crippen LogP contribution is 2.48. The smallest absolute Gasteiger partial charge is 0.455 e. The summed E-state index contributed by atoms with van der Waals surface area (Å²) in [7, 11) is -4.77. The largest absolute Gasteiger partial charge is 0.459 e. The second kappa shape index (κ2) is 12.0. The van der Waals surface area contributed by atoms with E-state index in [9.17, 15) is 42.3 Å². The Morgan fingerprint density at radius 3 is 2.60 bits per heavy atom. The summed E-state index contributed by atoms with van der Waals surface area (Å²) in [5.74, 6) is -1.46. The maximum atomic E-state index is 13.9. The van der Waals surface area contributed by atoms with Gasteiger partial charge in [0.15, 0.2) is 18.6 Å². The van der Waals surface area contributed by atoms with Gasteiger partial charge in [0.05, 0.1) is 0 Å². The Morgan fingerprint density at radius 2 is 1.90 bits per heavy atom. The Hall–Kier alpha value is -3.57. The molecule has 1 aromatic heterocycles. The molecule has 1 unspecified atom stereocenters. The molecule has 0 saturated carbocycles. The monoisotopic (exact) mass is 618 g/mol. The minimum atomic E-state index is -4.82. The summed E-state index contributed by atoms with van der Waals surface area (Å²) < 4.78 is 73.1. The van der Waals surface area contributed by atoms with E-state index in [1.165, 1.54) is 6.07 Å². The normalized spacial score (nSPS) is 24.7. The maximum absolute atomic E-state index is 13.9. The van der Waals surface area contributed by atoms with E-state index in [2.05, 4.69) is 9.82 Å². The first-order chi connectivity index (χ1) is 19.6. The molecule has 2 heterocycles. The fourth-order valence-corrected chi connectivity index (χ4v) is 5.58. The van der Waals surface area contributed by atoms with Gasteiger partial charge in [0.25, 0.3) is 5.56 Å². The van der Waals surface area contributed by atoms with Gasteiger partial charge in [-0.3, -0.25) is 29.4 Å². The van der Waals surface area contributed by atoms with Crippen molar-refractivity contribution in [2.75, 3.05) is 13.2 Å². The first kappa shape index (κ1) is 31.4. The first-order valence-corrected chi connectivity index (χ1v) is 13.7. The molecule has 1 aliphatic heterocycles. The summed E-state index contributed by atoms with van der Waals surface area (Å²) >= 11 is 0. The molecular weight excluding hydrogens is 592 g/mol. The molecule has 1 aliphatic rings. The molecule has 18 heteroatoms. The lowest BCUT2D eigenvalue weighted by atomic mass is 10.1. The van der Waals surface area contributed by atoms with E-state index in [0.717, 1.165) is 23.8 Å². The number of aromatic amines is 1. The minimum absolute atomic E-state index is 0.0172. The number of nitrogens with zero attached hydrogens (tertiary/aromatic N) is 1. The second-order valence-corrected chi connectivity index (χ2v) is 11.0. The number of esters is 1. The molecule has 0 radical (unpaired) electrons. The van der Waals surface area contributed by atoms with Gasteiger partial charge in [-0.1, -0.05) is 36.4 Å². The van der Waals surface area contributed by atoms with Crippen molar-refractivity contribution in [3.05, 3.63) is 75.6 Å². The number of rotatable bonds is 10. The summed E-state index contributed by atoms with van der Waals surface area (Å²) in [4.78, 5) is 37.7. The van der Waals surface area contributed by atoms with Crippen LogP contribution in [0.1, 0.15) is 13.2 Å². The number of fused-ring (bicyclic) bond motifs is 1. The molecular formula is C24H26F3N4O10P. The predicted octanol–water partition coefficient (Wildman–Crippen LogP) is 0.883. The number of carbonyl (C=O) groups is 1. The van der Waals surface area contributed by atoms with Crippen molar-refractivity contribution < 1.29 is 51.3 Å². The number of carbonyl (C=O) groups excluding carboxylic acids is 1. The van der Waals surface area contributed by atoms with Crippen LogP contribution in [0.3, 0.4) is 0 Å². The Balaban J connectivity index is 1.60. The van der Waals surface area contributed by atoms with Crippen molar-refractivity contribution in [1.82, 2.24) is 14.6 Å². The highest BCUT2D eigenvalue weighted by atomic mass is 31.2. The second-order valence-electron chi connectivity index (χ2n) is 9.33. The fourth-order valence-electron chi connectivity index (χ4n) is 4.03. The molecule has 2 aromatic carbocycles. The number of nitrogens with one attached hydrogen (secondary N) is 2. The highest BCUT2D eigenvalue weighted by molar-refractivity contribution is 7.52. The van der Waals surface area contributed by atoms with Crippen LogP contribution in [0.4, 0.5) is 13.2 Å². The number of alkyl halides is 3. The molecule has 42 heavy (non-hydrogen) atoms. The van der Waals surface area contributed by atoms with Crippen LogP contribution in [-0.4, -0.2) is 69.1 Å². The minimum Gasteiger partial charge on any atom is -0.455 e. The third-order valence-electron chi connectivity index (χ3n) is 6.09. The van der Waals surface area contributed by atoms with E-state index in [4.69, 9.17) is 19.5 Å². The average molecular weight is 618 g/mol. The predicted molar refractivity (Wildman–Crippen MR) is 138 cm³/mol. The number of H-pyrrole nitrogens is 1. The molecule has 14 nitrogen and oxygen atoms in total. The number of aromatic nitrogens is 2. The third-order valence-corrected chi connectivity index (χ3v) is 7.70. The van der Waals surface area contributed by atoms with E-state index in [1.807, 2.05) is 4.98 Å². The molecule has 3 aromatic rings. The van der Waals surface area contributed by atoms with Crippen molar-refractivity contribution in [2.45, 2.75) is 43.3 Å². The van der Waals surface area contributed by atoms with Crippen molar-refractivity contribution >= 4 is 24.5 Å². The molecule has 0 amide bonds. The van der Waals surface area contributed by atoms with Crippen molar-refractivity contribution in [3.63, 3.8) is 0 Å². The average Bonchev–Trinajstić information content (AvgIpc) is 3.14. The lowest BCUT2D eigenvalue weighted by Gasteiger charge is -2.30. The van der Waals surface area contributed by atoms with Gasteiger partial charge in [-0.25, -0.2) is 9.36 Å². The number of aliphatic hydroxyl groups is 2. The SMILES string of the molecule is C[C@H](NP(=O)(OC[C@@]1(N)O[C@@H](n2ccc(=O)[nH]c2=O)[C@H](O)[C@@H]1O)Oc1cccc2ccccc12)C(=O)OCC(F)(F)F. The highest BCUT2D eigenvalue weighted by Gasteiger charge is 2.54. The van der Waals surface area contributed by atoms with Gasteiger partial charge in [-0.15, -0.1) is 0 Å². The molecule has 4 rings (SSSR count). The molecule has 0 aliphatic carbocycles. The van der Waals surface area contributed by atoms with Crippen molar-refractivity contribution in [3.8, 4) is 5.75 Å². The van der Waals surface area contributed by atoms with Crippen LogP contribution in [0.2, 0.25) is 0 Å². The van der Waals surface area contributed by atoms with Crippen LogP contribution in [0, 0.1) is 0 Å². The van der Waals surface area contributed by atoms with Crippen LogP contribution in [0.25, 0.3) is 10.8 Å². The molecule has 228 valence electrons. The molecule has 0 spiro atoms. The number of nitrogens with two attached hydrogens (primary N) is 1. The summed E-state index contributed by atoms with van der Waals surface area (Å²) in [5.41, 5.74) is 2.02. The topological polar surface area (TPSA) is 204 Å². The number of halogens is 3. The number of hydrogen-bond acceptors (Lipinski definition) is 11.